The van der Waals surface area contributed by atoms with E-state index in [1.54, 1.807) is 6.92 Å². The number of hydrogen-bond donors (Lipinski definition) is 3. The Labute approximate surface area is 119 Å². The topological polar surface area (TPSA) is 138 Å². The highest BCUT2D eigenvalue weighted by atomic mass is 16.5. The molecule has 3 amide bonds. The fourth-order valence-corrected chi connectivity index (χ4v) is 1.90. The fraction of sp³-hybridized carbons (Fsp3) is 0.545. The Morgan fingerprint density at radius 3 is 2.95 bits per heavy atom. The van der Waals surface area contributed by atoms with E-state index in [4.69, 9.17) is 9.63 Å². The van der Waals surface area contributed by atoms with Gasteiger partial charge < -0.3 is 20.3 Å². The van der Waals surface area contributed by atoms with Crippen LogP contribution in [0.2, 0.25) is 0 Å². The lowest BCUT2D eigenvalue weighted by molar-refractivity contribution is -0.144. The molecule has 0 bridgehead atoms. The molecule has 0 spiro atoms. The molecule has 1 unspecified atom stereocenters. The second-order valence-electron chi connectivity index (χ2n) is 4.50. The number of hydrogen-bond acceptors (Lipinski definition) is 6. The smallest absolute Gasteiger partial charge is 0.328 e. The van der Waals surface area contributed by atoms with E-state index >= 15 is 0 Å². The minimum atomic E-state index is -1.17. The van der Waals surface area contributed by atoms with Crippen molar-refractivity contribution in [3.05, 3.63) is 11.7 Å². The van der Waals surface area contributed by atoms with Crippen LogP contribution in [0, 0.1) is 6.92 Å². The highest BCUT2D eigenvalue weighted by Gasteiger charge is 2.35. The van der Waals surface area contributed by atoms with Gasteiger partial charge in [0.1, 0.15) is 12.6 Å². The minimum Gasteiger partial charge on any atom is -0.480 e. The number of aromatic nitrogens is 2. The lowest BCUT2D eigenvalue weighted by Gasteiger charge is -2.32. The van der Waals surface area contributed by atoms with Gasteiger partial charge in [-0.15, -0.1) is 0 Å². The summed E-state index contributed by atoms with van der Waals surface area (Å²) in [6.45, 7) is 1.47. The summed E-state index contributed by atoms with van der Waals surface area (Å²) in [5, 5.41) is 17.7. The average Bonchev–Trinajstić information content (AvgIpc) is 2.84. The van der Waals surface area contributed by atoms with Crippen LogP contribution in [0.25, 0.3) is 0 Å². The summed E-state index contributed by atoms with van der Waals surface area (Å²) in [6.07, 6.45) is 0.348. The lowest BCUT2D eigenvalue weighted by Crippen LogP contribution is -2.61. The molecule has 1 aliphatic rings. The molecule has 2 rings (SSSR count). The maximum absolute atomic E-state index is 12.0. The zero-order chi connectivity index (χ0) is 15.4. The summed E-state index contributed by atoms with van der Waals surface area (Å²) in [5.74, 6) is -0.690. The molecular formula is C11H15N5O5. The first-order chi connectivity index (χ1) is 9.97. The van der Waals surface area contributed by atoms with Crippen molar-refractivity contribution in [3.8, 4) is 0 Å². The number of nitrogens with one attached hydrogen (secondary N) is 2. The molecule has 1 saturated heterocycles. The molecule has 0 aliphatic carbocycles. The molecule has 1 aliphatic heterocycles. The Balaban J connectivity index is 1.88. The first kappa shape index (κ1) is 14.8. The summed E-state index contributed by atoms with van der Waals surface area (Å²) in [7, 11) is 0. The van der Waals surface area contributed by atoms with Crippen LogP contribution >= 0.6 is 0 Å². The molecular weight excluding hydrogens is 282 g/mol. The Hall–Kier alpha value is -2.65. The van der Waals surface area contributed by atoms with Gasteiger partial charge in [0.25, 0.3) is 0 Å². The number of carboxylic acid groups (broad SMARTS) is 1. The van der Waals surface area contributed by atoms with Crippen LogP contribution < -0.4 is 10.6 Å². The van der Waals surface area contributed by atoms with Gasteiger partial charge in [0.15, 0.2) is 5.82 Å². The van der Waals surface area contributed by atoms with Crippen LogP contribution in [0.3, 0.4) is 0 Å². The summed E-state index contributed by atoms with van der Waals surface area (Å²) < 4.78 is 4.79. The number of urea groups is 1. The van der Waals surface area contributed by atoms with Crippen LogP contribution in [0.15, 0.2) is 4.52 Å². The number of aliphatic carboxylic acids is 1. The van der Waals surface area contributed by atoms with Crippen molar-refractivity contribution in [2.24, 2.45) is 0 Å². The number of carboxylic acids is 1. The van der Waals surface area contributed by atoms with Crippen molar-refractivity contribution in [1.29, 1.82) is 0 Å². The van der Waals surface area contributed by atoms with Gasteiger partial charge in [0.05, 0.1) is 0 Å². The number of carbonyl (C=O) groups excluding carboxylic acids is 2. The number of piperazine rings is 1. The Kier molecular flexibility index (Phi) is 4.36. The number of nitrogens with zero attached hydrogens (tertiary/aromatic N) is 3. The number of carbonyl (C=O) groups is 3. The first-order valence-corrected chi connectivity index (χ1v) is 6.30. The standard InChI is InChI=1S/C11H15N5O5/c1-6-14-8(15-21-6)2-3-12-11(20)16-5-9(17)13-4-7(16)10(18)19/h7H,2-5H2,1H3,(H,12,20)(H,13,17)(H,18,19). The molecule has 1 aromatic heterocycles. The third-order valence-electron chi connectivity index (χ3n) is 2.92. The van der Waals surface area contributed by atoms with E-state index < -0.39 is 23.9 Å². The maximum Gasteiger partial charge on any atom is 0.328 e. The van der Waals surface area contributed by atoms with Crippen LogP contribution in [-0.2, 0) is 16.0 Å². The van der Waals surface area contributed by atoms with Crippen LogP contribution in [0.4, 0.5) is 4.79 Å². The van der Waals surface area contributed by atoms with E-state index in [0.29, 0.717) is 18.1 Å². The van der Waals surface area contributed by atoms with E-state index in [0.717, 1.165) is 4.90 Å². The second-order valence-corrected chi connectivity index (χ2v) is 4.50. The van der Waals surface area contributed by atoms with Gasteiger partial charge in [-0.25, -0.2) is 9.59 Å². The van der Waals surface area contributed by atoms with E-state index in [9.17, 15) is 14.4 Å². The predicted molar refractivity (Wildman–Crippen MR) is 67.3 cm³/mol. The predicted octanol–water partition coefficient (Wildman–Crippen LogP) is -1.48. The molecule has 1 aromatic rings. The third kappa shape index (κ3) is 3.68. The van der Waals surface area contributed by atoms with Crippen molar-refractivity contribution in [2.45, 2.75) is 19.4 Å². The second kappa shape index (κ2) is 6.20. The third-order valence-corrected chi connectivity index (χ3v) is 2.92. The van der Waals surface area contributed by atoms with E-state index in [1.165, 1.54) is 0 Å². The molecule has 0 aromatic carbocycles. The highest BCUT2D eigenvalue weighted by molar-refractivity contribution is 5.90. The molecule has 2 heterocycles. The normalized spacial score (nSPS) is 18.2. The molecule has 0 saturated carbocycles. The zero-order valence-corrected chi connectivity index (χ0v) is 11.3. The van der Waals surface area contributed by atoms with E-state index in [2.05, 4.69) is 20.8 Å². The SMILES string of the molecule is Cc1nc(CCNC(=O)N2CC(=O)NCC2C(=O)O)no1. The molecule has 10 nitrogen and oxygen atoms in total. The van der Waals surface area contributed by atoms with Crippen LogP contribution in [0.1, 0.15) is 11.7 Å². The molecule has 10 heteroatoms. The van der Waals surface area contributed by atoms with Gasteiger partial charge in [-0.2, -0.15) is 4.98 Å². The summed E-state index contributed by atoms with van der Waals surface area (Å²) in [6, 6.07) is -1.69. The Bertz CT molecular complexity index is 557. The van der Waals surface area contributed by atoms with Crippen LogP contribution in [-0.4, -0.2) is 63.7 Å². The van der Waals surface area contributed by atoms with Crippen molar-refractivity contribution < 1.29 is 24.0 Å². The monoisotopic (exact) mass is 297 g/mol. The largest absolute Gasteiger partial charge is 0.480 e. The maximum atomic E-state index is 12.0. The van der Waals surface area contributed by atoms with Gasteiger partial charge in [0, 0.05) is 26.4 Å². The zero-order valence-electron chi connectivity index (χ0n) is 11.3. The minimum absolute atomic E-state index is 0.106. The van der Waals surface area contributed by atoms with Gasteiger partial charge in [-0.1, -0.05) is 5.16 Å². The van der Waals surface area contributed by atoms with E-state index in [1.807, 2.05) is 0 Å². The summed E-state index contributed by atoms with van der Waals surface area (Å²) in [4.78, 5) is 39.3. The van der Waals surface area contributed by atoms with Gasteiger partial charge >= 0.3 is 12.0 Å². The van der Waals surface area contributed by atoms with Crippen molar-refractivity contribution in [3.63, 3.8) is 0 Å². The number of aryl methyl sites for hydroxylation is 1. The highest BCUT2D eigenvalue weighted by Crippen LogP contribution is 2.05. The van der Waals surface area contributed by atoms with Gasteiger partial charge in [0.2, 0.25) is 11.8 Å². The molecule has 1 atom stereocenters. The molecule has 1 fully saturated rings. The number of amides is 3. The lowest BCUT2D eigenvalue weighted by atomic mass is 10.2. The Morgan fingerprint density at radius 1 is 1.57 bits per heavy atom. The van der Waals surface area contributed by atoms with Crippen molar-refractivity contribution >= 4 is 17.9 Å². The quantitative estimate of drug-likeness (QED) is 0.615. The van der Waals surface area contributed by atoms with E-state index in [-0.39, 0.29) is 19.6 Å². The summed E-state index contributed by atoms with van der Waals surface area (Å²) in [5.41, 5.74) is 0. The van der Waals surface area contributed by atoms with Crippen molar-refractivity contribution in [2.75, 3.05) is 19.6 Å². The average molecular weight is 297 g/mol. The number of rotatable bonds is 4. The Morgan fingerprint density at radius 2 is 2.33 bits per heavy atom. The first-order valence-electron chi connectivity index (χ1n) is 6.30. The molecule has 3 N–H and O–H groups in total. The molecule has 114 valence electrons. The molecule has 21 heavy (non-hydrogen) atoms. The van der Waals surface area contributed by atoms with Crippen LogP contribution in [0.5, 0.6) is 0 Å². The van der Waals surface area contributed by atoms with Gasteiger partial charge in [-0.3, -0.25) is 9.69 Å². The fourth-order valence-electron chi connectivity index (χ4n) is 1.90. The van der Waals surface area contributed by atoms with Gasteiger partial charge in [-0.05, 0) is 0 Å². The summed E-state index contributed by atoms with van der Waals surface area (Å²) >= 11 is 0. The molecule has 0 radical (unpaired) electrons. The van der Waals surface area contributed by atoms with Crippen molar-refractivity contribution in [1.82, 2.24) is 25.7 Å².